The van der Waals surface area contributed by atoms with Gasteiger partial charge in [-0.1, -0.05) is 20.8 Å². The molecule has 2 heterocycles. The molecule has 1 fully saturated rings. The Kier molecular flexibility index (Phi) is 3.33. The molecule has 1 aliphatic rings. The predicted octanol–water partition coefficient (Wildman–Crippen LogP) is 2.25. The number of nitrogen functional groups attached to an aromatic ring is 1. The summed E-state index contributed by atoms with van der Waals surface area (Å²) >= 11 is 0. The third-order valence-electron chi connectivity index (χ3n) is 3.12. The van der Waals surface area contributed by atoms with E-state index in [0.717, 1.165) is 37.6 Å². The van der Waals surface area contributed by atoms with Gasteiger partial charge in [0.1, 0.15) is 11.6 Å². The minimum Gasteiger partial charge on any atom is -0.384 e. The van der Waals surface area contributed by atoms with Crippen LogP contribution in [0.1, 0.15) is 51.0 Å². The molecule has 0 amide bonds. The van der Waals surface area contributed by atoms with Crippen molar-refractivity contribution in [1.29, 1.82) is 0 Å². The number of hydrogen-bond donors (Lipinski definition) is 1. The lowest BCUT2D eigenvalue weighted by molar-refractivity contribution is 0.0835. The summed E-state index contributed by atoms with van der Waals surface area (Å²) in [4.78, 5) is 9.06. The summed E-state index contributed by atoms with van der Waals surface area (Å²) in [6, 6.07) is 1.88. The maximum atomic E-state index is 5.88. The molecule has 2 N–H and O–H groups in total. The zero-order chi connectivity index (χ0) is 12.5. The Morgan fingerprint density at radius 1 is 1.24 bits per heavy atom. The van der Waals surface area contributed by atoms with E-state index in [1.807, 2.05) is 6.07 Å². The van der Waals surface area contributed by atoms with Crippen molar-refractivity contribution in [3.05, 3.63) is 17.6 Å². The summed E-state index contributed by atoms with van der Waals surface area (Å²) in [5.41, 5.74) is 6.91. The van der Waals surface area contributed by atoms with Crippen molar-refractivity contribution in [2.24, 2.45) is 0 Å². The number of nitrogens with two attached hydrogens (primary N) is 1. The molecular formula is C13H21N3O. The maximum absolute atomic E-state index is 5.88. The molecule has 94 valence electrons. The van der Waals surface area contributed by atoms with E-state index in [1.165, 1.54) is 0 Å². The molecule has 0 radical (unpaired) electrons. The molecule has 0 unspecified atom stereocenters. The minimum absolute atomic E-state index is 0.0109. The lowest BCUT2D eigenvalue weighted by Crippen LogP contribution is -2.21. The Morgan fingerprint density at radius 3 is 2.47 bits per heavy atom. The second-order valence-electron chi connectivity index (χ2n) is 5.67. The van der Waals surface area contributed by atoms with Crippen LogP contribution in [-0.2, 0) is 10.2 Å². The summed E-state index contributed by atoms with van der Waals surface area (Å²) in [6.07, 6.45) is 1.99. The van der Waals surface area contributed by atoms with E-state index < -0.39 is 0 Å². The molecule has 0 atom stereocenters. The van der Waals surface area contributed by atoms with Crippen LogP contribution in [0.2, 0.25) is 0 Å². The number of nitrogens with zero attached hydrogens (tertiary/aromatic N) is 2. The Balaban J connectivity index is 2.31. The SMILES string of the molecule is CC(C)(C)c1cc(N)nc(C2CCOCC2)n1. The van der Waals surface area contributed by atoms with Gasteiger partial charge in [0.05, 0.1) is 5.69 Å². The normalized spacial score (nSPS) is 18.3. The minimum atomic E-state index is 0.0109. The van der Waals surface area contributed by atoms with Crippen LogP contribution >= 0.6 is 0 Å². The fourth-order valence-corrected chi connectivity index (χ4v) is 2.01. The Hall–Kier alpha value is -1.16. The van der Waals surface area contributed by atoms with Crippen LogP contribution in [0.5, 0.6) is 0 Å². The van der Waals surface area contributed by atoms with Crippen LogP contribution in [0.15, 0.2) is 6.07 Å². The van der Waals surface area contributed by atoms with Crippen LogP contribution in [0.3, 0.4) is 0 Å². The highest BCUT2D eigenvalue weighted by molar-refractivity contribution is 5.33. The average molecular weight is 235 g/mol. The lowest BCUT2D eigenvalue weighted by Gasteiger charge is -2.24. The molecule has 0 saturated carbocycles. The van der Waals surface area contributed by atoms with Gasteiger partial charge in [-0.25, -0.2) is 9.97 Å². The molecule has 2 rings (SSSR count). The van der Waals surface area contributed by atoms with Gasteiger partial charge in [-0.05, 0) is 12.8 Å². The number of ether oxygens (including phenoxy) is 1. The van der Waals surface area contributed by atoms with Gasteiger partial charge >= 0.3 is 0 Å². The summed E-state index contributed by atoms with van der Waals surface area (Å²) in [7, 11) is 0. The Bertz CT molecular complexity index is 392. The van der Waals surface area contributed by atoms with Gasteiger partial charge < -0.3 is 10.5 Å². The van der Waals surface area contributed by atoms with Crippen molar-refractivity contribution < 1.29 is 4.74 Å². The largest absolute Gasteiger partial charge is 0.384 e. The van der Waals surface area contributed by atoms with Gasteiger partial charge in [0.2, 0.25) is 0 Å². The number of rotatable bonds is 1. The van der Waals surface area contributed by atoms with Crippen molar-refractivity contribution >= 4 is 5.82 Å². The average Bonchev–Trinajstić information content (AvgIpc) is 2.28. The molecule has 1 aromatic rings. The number of anilines is 1. The third-order valence-corrected chi connectivity index (χ3v) is 3.12. The topological polar surface area (TPSA) is 61.0 Å². The molecule has 0 spiro atoms. The van der Waals surface area contributed by atoms with Gasteiger partial charge in [0, 0.05) is 30.6 Å². The molecular weight excluding hydrogens is 214 g/mol. The zero-order valence-corrected chi connectivity index (χ0v) is 10.9. The van der Waals surface area contributed by atoms with Gasteiger partial charge in [-0.15, -0.1) is 0 Å². The molecule has 0 aromatic carbocycles. The highest BCUT2D eigenvalue weighted by Gasteiger charge is 2.22. The van der Waals surface area contributed by atoms with Crippen molar-refractivity contribution in [2.45, 2.75) is 44.9 Å². The standard InChI is InChI=1S/C13H21N3O/c1-13(2,3)10-8-11(14)16-12(15-10)9-4-6-17-7-5-9/h8-9H,4-7H2,1-3H3,(H2,14,15,16). The fraction of sp³-hybridized carbons (Fsp3) is 0.692. The summed E-state index contributed by atoms with van der Waals surface area (Å²) in [5, 5.41) is 0. The molecule has 1 aliphatic heterocycles. The van der Waals surface area contributed by atoms with Gasteiger partial charge in [-0.3, -0.25) is 0 Å². The van der Waals surface area contributed by atoms with E-state index >= 15 is 0 Å². The fourth-order valence-electron chi connectivity index (χ4n) is 2.01. The van der Waals surface area contributed by atoms with Crippen molar-refractivity contribution in [3.8, 4) is 0 Å². The van der Waals surface area contributed by atoms with Crippen LogP contribution in [-0.4, -0.2) is 23.2 Å². The van der Waals surface area contributed by atoms with Crippen molar-refractivity contribution in [1.82, 2.24) is 9.97 Å². The molecule has 1 saturated heterocycles. The van der Waals surface area contributed by atoms with Crippen LogP contribution in [0, 0.1) is 0 Å². The summed E-state index contributed by atoms with van der Waals surface area (Å²) in [5.74, 6) is 1.86. The highest BCUT2D eigenvalue weighted by Crippen LogP contribution is 2.28. The maximum Gasteiger partial charge on any atom is 0.134 e. The quantitative estimate of drug-likeness (QED) is 0.811. The second kappa shape index (κ2) is 4.61. The number of aromatic nitrogens is 2. The summed E-state index contributed by atoms with van der Waals surface area (Å²) < 4.78 is 5.36. The third kappa shape index (κ3) is 2.94. The van der Waals surface area contributed by atoms with Crippen LogP contribution in [0.25, 0.3) is 0 Å². The smallest absolute Gasteiger partial charge is 0.134 e. The van der Waals surface area contributed by atoms with Crippen LogP contribution < -0.4 is 5.73 Å². The molecule has 4 heteroatoms. The predicted molar refractivity (Wildman–Crippen MR) is 67.9 cm³/mol. The van der Waals surface area contributed by atoms with Gasteiger partial charge in [-0.2, -0.15) is 0 Å². The van der Waals surface area contributed by atoms with E-state index in [0.29, 0.717) is 11.7 Å². The van der Waals surface area contributed by atoms with E-state index in [4.69, 9.17) is 10.5 Å². The first-order valence-electron chi connectivity index (χ1n) is 6.19. The van der Waals surface area contributed by atoms with E-state index in [2.05, 4.69) is 30.7 Å². The molecule has 0 bridgehead atoms. The van der Waals surface area contributed by atoms with E-state index in [9.17, 15) is 0 Å². The van der Waals surface area contributed by atoms with E-state index in [1.54, 1.807) is 0 Å². The first kappa shape index (κ1) is 12.3. The second-order valence-corrected chi connectivity index (χ2v) is 5.67. The van der Waals surface area contributed by atoms with Gasteiger partial charge in [0.15, 0.2) is 0 Å². The van der Waals surface area contributed by atoms with Crippen molar-refractivity contribution in [3.63, 3.8) is 0 Å². The van der Waals surface area contributed by atoms with Crippen LogP contribution in [0.4, 0.5) is 5.82 Å². The van der Waals surface area contributed by atoms with Gasteiger partial charge in [0.25, 0.3) is 0 Å². The molecule has 4 nitrogen and oxygen atoms in total. The Labute approximate surface area is 103 Å². The monoisotopic (exact) mass is 235 g/mol. The first-order chi connectivity index (χ1) is 7.97. The molecule has 1 aromatic heterocycles. The van der Waals surface area contributed by atoms with Crippen molar-refractivity contribution in [2.75, 3.05) is 18.9 Å². The first-order valence-corrected chi connectivity index (χ1v) is 6.19. The Morgan fingerprint density at radius 2 is 1.88 bits per heavy atom. The summed E-state index contributed by atoms with van der Waals surface area (Å²) in [6.45, 7) is 8.02. The molecule has 17 heavy (non-hydrogen) atoms. The van der Waals surface area contributed by atoms with E-state index in [-0.39, 0.29) is 5.41 Å². The lowest BCUT2D eigenvalue weighted by atomic mass is 9.91. The zero-order valence-electron chi connectivity index (χ0n) is 10.9. The highest BCUT2D eigenvalue weighted by atomic mass is 16.5. The number of hydrogen-bond acceptors (Lipinski definition) is 4. The molecule has 0 aliphatic carbocycles.